The van der Waals surface area contributed by atoms with E-state index in [1.165, 1.54) is 5.56 Å². The molecule has 3 atom stereocenters. The van der Waals surface area contributed by atoms with Gasteiger partial charge in [-0.3, -0.25) is 14.3 Å². The Hall–Kier alpha value is -4.35. The van der Waals surface area contributed by atoms with Crippen molar-refractivity contribution in [3.63, 3.8) is 0 Å². The van der Waals surface area contributed by atoms with E-state index in [2.05, 4.69) is 52.4 Å². The van der Waals surface area contributed by atoms with Crippen LogP contribution in [0.4, 0.5) is 5.69 Å². The third-order valence-corrected chi connectivity index (χ3v) is 12.6. The Labute approximate surface area is 346 Å². The first kappa shape index (κ1) is 42.3. The monoisotopic (exact) mass is 815 g/mol. The van der Waals surface area contributed by atoms with Crippen LogP contribution in [0.2, 0.25) is 10.0 Å². The number of hydrogen-bond acceptors (Lipinski definition) is 7. The van der Waals surface area contributed by atoms with Crippen molar-refractivity contribution in [2.75, 3.05) is 38.4 Å². The smallest absolute Gasteiger partial charge is 0.207 e. The number of aryl methyl sites for hydroxylation is 4. The number of rotatable bonds is 14. The number of nitrogens with one attached hydrogen (secondary N) is 1. The molecule has 5 aromatic rings. The molecule has 0 aliphatic carbocycles. The van der Waals surface area contributed by atoms with Crippen LogP contribution in [0.5, 0.6) is 5.75 Å². The minimum atomic E-state index is -0.148. The number of fused-ring (bicyclic) bond motifs is 2. The SMILES string of the molecule is CO.Cc1cc(OCCCC2c3ccc(Cl)c(-c4c(C)nn(CC5CCOCC5)c4C)c3N([C@H](C)CNC=O)C2c2cccc3c(C=O)cn(C)c23)cc(C)c1Cl. The second kappa shape index (κ2) is 18.5. The topological polar surface area (TPSA) is 111 Å². The van der Waals surface area contributed by atoms with E-state index in [1.54, 1.807) is 0 Å². The number of carbonyl (C=O) groups excluding carboxylic acids is 2. The van der Waals surface area contributed by atoms with Gasteiger partial charge >= 0.3 is 0 Å². The number of hydrogen-bond donors (Lipinski definition) is 2. The van der Waals surface area contributed by atoms with E-state index in [0.29, 0.717) is 29.7 Å². The van der Waals surface area contributed by atoms with Crippen molar-refractivity contribution in [1.29, 1.82) is 0 Å². The summed E-state index contributed by atoms with van der Waals surface area (Å²) >= 11 is 13.8. The largest absolute Gasteiger partial charge is 0.494 e. The Balaban J connectivity index is 0.00000270. The van der Waals surface area contributed by atoms with E-state index in [4.69, 9.17) is 42.9 Å². The van der Waals surface area contributed by atoms with Gasteiger partial charge in [0.15, 0.2) is 6.29 Å². The summed E-state index contributed by atoms with van der Waals surface area (Å²) in [5.74, 6) is 1.34. The van der Waals surface area contributed by atoms with Gasteiger partial charge in [0.2, 0.25) is 6.41 Å². The number of amides is 1. The van der Waals surface area contributed by atoms with E-state index in [0.717, 1.165) is 132 Å². The van der Waals surface area contributed by atoms with Gasteiger partial charge in [-0.2, -0.15) is 5.10 Å². The predicted octanol–water partition coefficient (Wildman–Crippen LogP) is 9.07. The van der Waals surface area contributed by atoms with Crippen LogP contribution in [0.25, 0.3) is 22.0 Å². The van der Waals surface area contributed by atoms with E-state index in [1.807, 2.05) is 57.4 Å². The number of aliphatic hydroxyl groups is 1. The molecule has 57 heavy (non-hydrogen) atoms. The molecule has 2 N–H and O–H groups in total. The van der Waals surface area contributed by atoms with Crippen molar-refractivity contribution in [2.45, 2.75) is 84.8 Å². The van der Waals surface area contributed by atoms with Gasteiger partial charge in [-0.25, -0.2) is 0 Å². The minimum Gasteiger partial charge on any atom is -0.494 e. The molecular formula is C45H55Cl2N5O5. The molecule has 4 heterocycles. The van der Waals surface area contributed by atoms with E-state index >= 15 is 0 Å². The zero-order valence-electron chi connectivity index (χ0n) is 34.1. The number of nitrogens with zero attached hydrogens (tertiary/aromatic N) is 4. The molecule has 2 aliphatic heterocycles. The van der Waals surface area contributed by atoms with Gasteiger partial charge in [-0.1, -0.05) is 47.5 Å². The maximum absolute atomic E-state index is 12.3. The van der Waals surface area contributed by atoms with E-state index in [9.17, 15) is 9.59 Å². The molecule has 10 nitrogen and oxygen atoms in total. The number of para-hydroxylation sites is 1. The summed E-state index contributed by atoms with van der Waals surface area (Å²) < 4.78 is 16.2. The number of anilines is 1. The third-order valence-electron chi connectivity index (χ3n) is 11.7. The molecule has 3 aromatic carbocycles. The number of aromatic nitrogens is 3. The number of aldehydes is 1. The first-order valence-electron chi connectivity index (χ1n) is 19.8. The Kier molecular flexibility index (Phi) is 13.7. The molecule has 0 radical (unpaired) electrons. The average molecular weight is 817 g/mol. The predicted molar refractivity (Wildman–Crippen MR) is 229 cm³/mol. The van der Waals surface area contributed by atoms with Gasteiger partial charge in [0.25, 0.3) is 0 Å². The third kappa shape index (κ3) is 8.33. The molecule has 0 spiro atoms. The highest BCUT2D eigenvalue weighted by atomic mass is 35.5. The summed E-state index contributed by atoms with van der Waals surface area (Å²) in [4.78, 5) is 26.5. The summed E-state index contributed by atoms with van der Waals surface area (Å²) in [6.07, 6.45) is 7.25. The van der Waals surface area contributed by atoms with Crippen molar-refractivity contribution in [1.82, 2.24) is 19.7 Å². The molecule has 1 amide bonds. The van der Waals surface area contributed by atoms with Crippen molar-refractivity contribution in [3.05, 3.63) is 97.9 Å². The molecule has 1 saturated heterocycles. The van der Waals surface area contributed by atoms with Crippen LogP contribution in [-0.2, 0) is 23.1 Å². The maximum Gasteiger partial charge on any atom is 0.207 e. The number of ether oxygens (including phenoxy) is 2. The van der Waals surface area contributed by atoms with Crippen molar-refractivity contribution >= 4 is 52.5 Å². The maximum atomic E-state index is 12.3. The Morgan fingerprint density at radius 3 is 2.42 bits per heavy atom. The fourth-order valence-electron chi connectivity index (χ4n) is 9.15. The van der Waals surface area contributed by atoms with Crippen molar-refractivity contribution < 1.29 is 24.2 Å². The number of halogens is 2. The summed E-state index contributed by atoms with van der Waals surface area (Å²) in [6, 6.07) is 14.2. The molecule has 304 valence electrons. The highest BCUT2D eigenvalue weighted by Crippen LogP contribution is 2.58. The Morgan fingerprint density at radius 2 is 1.74 bits per heavy atom. The Bertz CT molecular complexity index is 2200. The lowest BCUT2D eigenvalue weighted by atomic mass is 9.85. The van der Waals surface area contributed by atoms with Gasteiger partial charge < -0.3 is 29.4 Å². The van der Waals surface area contributed by atoms with Gasteiger partial charge in [0.05, 0.1) is 34.6 Å². The fraction of sp³-hybridized carbons (Fsp3) is 0.444. The average Bonchev–Trinajstić information content (AvgIpc) is 3.82. The van der Waals surface area contributed by atoms with Crippen LogP contribution in [0, 0.1) is 33.6 Å². The minimum absolute atomic E-state index is 0.0278. The molecule has 1 fully saturated rings. The van der Waals surface area contributed by atoms with Crippen molar-refractivity contribution in [2.24, 2.45) is 13.0 Å². The molecule has 2 aliphatic rings. The second-order valence-electron chi connectivity index (χ2n) is 15.4. The molecular weight excluding hydrogens is 761 g/mol. The van der Waals surface area contributed by atoms with Gasteiger partial charge in [-0.15, -0.1) is 0 Å². The molecule has 0 saturated carbocycles. The van der Waals surface area contributed by atoms with Crippen LogP contribution >= 0.6 is 23.2 Å². The van der Waals surface area contributed by atoms with Crippen LogP contribution in [0.15, 0.2) is 48.7 Å². The number of benzene rings is 3. The standard InChI is InChI=1S/C44H51Cl2N5O4.CH4O/c1-26-19-33(20-27(2)41(26)46)55-16-8-11-35-36-12-13-38(45)40(39-29(4)48-50(30(39)5)22-31-14-17-54-18-15-31)44(36)51(28(3)21-47-25-53)43(35)37-10-7-9-34-32(24-52)23-49(6)42(34)37;1-2/h7,9-10,12-13,19-20,23-25,28,31,35,43H,8,11,14-18,21-22H2,1-6H3,(H,47,53);2H,1H3/t28-,35?,43?;/m1./s1. The van der Waals surface area contributed by atoms with Crippen LogP contribution in [-0.4, -0.2) is 71.7 Å². The lowest BCUT2D eigenvalue weighted by molar-refractivity contribution is -0.109. The van der Waals surface area contributed by atoms with Gasteiger partial charge in [0.1, 0.15) is 5.75 Å². The lowest BCUT2D eigenvalue weighted by Crippen LogP contribution is -2.42. The molecule has 12 heteroatoms. The summed E-state index contributed by atoms with van der Waals surface area (Å²) in [5.41, 5.74) is 11.0. The van der Waals surface area contributed by atoms with Crippen LogP contribution in [0.1, 0.15) is 88.6 Å². The zero-order chi connectivity index (χ0) is 41.0. The normalized spacial score (nSPS) is 17.3. The summed E-state index contributed by atoms with van der Waals surface area (Å²) in [6.45, 7) is 13.7. The summed E-state index contributed by atoms with van der Waals surface area (Å²) in [5, 5.41) is 17.4. The van der Waals surface area contributed by atoms with Crippen LogP contribution < -0.4 is 15.0 Å². The van der Waals surface area contributed by atoms with Crippen LogP contribution in [0.3, 0.4) is 0 Å². The summed E-state index contributed by atoms with van der Waals surface area (Å²) in [7, 11) is 3.00. The molecule has 7 rings (SSSR count). The number of aliphatic hydroxyl groups excluding tert-OH is 1. The molecule has 2 aromatic heterocycles. The highest BCUT2D eigenvalue weighted by Gasteiger charge is 2.45. The molecule has 2 unspecified atom stereocenters. The first-order valence-corrected chi connectivity index (χ1v) is 20.6. The van der Waals surface area contributed by atoms with Gasteiger partial charge in [-0.05, 0) is 107 Å². The van der Waals surface area contributed by atoms with E-state index in [-0.39, 0.29) is 18.0 Å². The zero-order valence-corrected chi connectivity index (χ0v) is 35.6. The Morgan fingerprint density at radius 1 is 1.02 bits per heavy atom. The van der Waals surface area contributed by atoms with Crippen molar-refractivity contribution in [3.8, 4) is 16.9 Å². The number of carbonyl (C=O) groups is 2. The van der Waals surface area contributed by atoms with E-state index < -0.39 is 0 Å². The fourth-order valence-corrected chi connectivity index (χ4v) is 9.50. The highest BCUT2D eigenvalue weighted by molar-refractivity contribution is 6.34. The quantitative estimate of drug-likeness (QED) is 0.0851. The first-order chi connectivity index (χ1) is 27.5. The lowest BCUT2D eigenvalue weighted by Gasteiger charge is -2.37. The molecule has 0 bridgehead atoms. The van der Waals surface area contributed by atoms with Gasteiger partial charge in [0, 0.05) is 91.4 Å². The second-order valence-corrected chi connectivity index (χ2v) is 16.2.